The predicted molar refractivity (Wildman–Crippen MR) is 123 cm³/mol. The third-order valence-electron chi connectivity index (χ3n) is 5.32. The summed E-state index contributed by atoms with van der Waals surface area (Å²) >= 11 is 0. The highest BCUT2D eigenvalue weighted by atomic mass is 16.3. The maximum absolute atomic E-state index is 11.1. The van der Waals surface area contributed by atoms with Crippen LogP contribution in [0.2, 0.25) is 0 Å². The van der Waals surface area contributed by atoms with E-state index in [0.717, 1.165) is 33.7 Å². The van der Waals surface area contributed by atoms with Gasteiger partial charge in [0.1, 0.15) is 13.7 Å². The van der Waals surface area contributed by atoms with E-state index in [1.54, 1.807) is 0 Å². The average Bonchev–Trinajstić information content (AvgIpc) is 3.06. The van der Waals surface area contributed by atoms with Crippen LogP contribution in [0.25, 0.3) is 28.1 Å². The minimum absolute atomic E-state index is 0.101. The van der Waals surface area contributed by atoms with Crippen molar-refractivity contribution in [3.05, 3.63) is 83.9 Å². The number of hydrogen-bond donors (Lipinski definition) is 1. The van der Waals surface area contributed by atoms with Crippen molar-refractivity contribution in [2.45, 2.75) is 38.6 Å². The van der Waals surface area contributed by atoms with Gasteiger partial charge in [-0.05, 0) is 36.9 Å². The molecule has 0 bridgehead atoms. The summed E-state index contributed by atoms with van der Waals surface area (Å²) in [6.07, 6.45) is 0. The van der Waals surface area contributed by atoms with Crippen molar-refractivity contribution < 1.29 is 5.11 Å². The van der Waals surface area contributed by atoms with Gasteiger partial charge in [0, 0.05) is 11.1 Å². The molecule has 0 saturated carbocycles. The third-order valence-corrected chi connectivity index (χ3v) is 5.32. The quantitative estimate of drug-likeness (QED) is 0.516. The van der Waals surface area contributed by atoms with Gasteiger partial charge in [-0.25, -0.2) is 4.98 Å². The van der Waals surface area contributed by atoms with Gasteiger partial charge in [-0.2, -0.15) is 0 Å². The molecule has 0 amide bonds. The molecule has 1 aromatic heterocycles. The number of para-hydroxylation sites is 3. The molecule has 0 aliphatic carbocycles. The highest BCUT2D eigenvalue weighted by Crippen LogP contribution is 2.39. The van der Waals surface area contributed by atoms with Crippen molar-refractivity contribution in [2.24, 2.45) is 0 Å². The van der Waals surface area contributed by atoms with Crippen LogP contribution < -0.4 is 0 Å². The minimum atomic E-state index is -0.990. The fraction of sp³-hybridized carbons (Fsp3) is 0.240. The Morgan fingerprint density at radius 2 is 1.41 bits per heavy atom. The van der Waals surface area contributed by atoms with Crippen LogP contribution in [-0.2, 0) is 10.9 Å². The molecule has 1 heterocycles. The Hall–Kier alpha value is -2.85. The Labute approximate surface area is 173 Å². The SMILES string of the molecule is BC(C)(C)c1cccc(C(C)(C)O)c1-n1c(-c2ccccc2)nc2ccccc21. The normalized spacial score (nSPS) is 12.4. The van der Waals surface area contributed by atoms with Crippen molar-refractivity contribution in [1.82, 2.24) is 9.55 Å². The number of aliphatic hydroxyl groups is 1. The highest BCUT2D eigenvalue weighted by Gasteiger charge is 2.29. The maximum atomic E-state index is 11.1. The Morgan fingerprint density at radius 3 is 2.07 bits per heavy atom. The van der Waals surface area contributed by atoms with Crippen LogP contribution >= 0.6 is 0 Å². The van der Waals surface area contributed by atoms with Crippen LogP contribution in [0.4, 0.5) is 0 Å². The summed E-state index contributed by atoms with van der Waals surface area (Å²) in [5, 5.41) is 11.0. The van der Waals surface area contributed by atoms with Gasteiger partial charge in [-0.15, -0.1) is 0 Å². The molecule has 0 fully saturated rings. The van der Waals surface area contributed by atoms with Crippen LogP contribution in [0.15, 0.2) is 72.8 Å². The fourth-order valence-corrected chi connectivity index (χ4v) is 3.92. The first-order valence-electron chi connectivity index (χ1n) is 10.1. The van der Waals surface area contributed by atoms with Crippen molar-refractivity contribution in [3.8, 4) is 17.1 Å². The van der Waals surface area contributed by atoms with E-state index >= 15 is 0 Å². The summed E-state index contributed by atoms with van der Waals surface area (Å²) in [6, 6.07) is 24.7. The van der Waals surface area contributed by atoms with Crippen molar-refractivity contribution in [1.29, 1.82) is 0 Å². The van der Waals surface area contributed by atoms with Gasteiger partial charge in [-0.3, -0.25) is 4.57 Å². The number of benzene rings is 3. The first-order chi connectivity index (χ1) is 13.7. The van der Waals surface area contributed by atoms with E-state index < -0.39 is 5.60 Å². The average molecular weight is 382 g/mol. The molecule has 0 saturated heterocycles. The Balaban J connectivity index is 2.19. The van der Waals surface area contributed by atoms with Gasteiger partial charge in [0.25, 0.3) is 0 Å². The second kappa shape index (κ2) is 6.89. The summed E-state index contributed by atoms with van der Waals surface area (Å²) in [5.74, 6) is 0.883. The highest BCUT2D eigenvalue weighted by molar-refractivity contribution is 6.15. The topological polar surface area (TPSA) is 38.0 Å². The number of nitrogens with zero attached hydrogens (tertiary/aromatic N) is 2. The Kier molecular flexibility index (Phi) is 4.63. The van der Waals surface area contributed by atoms with Gasteiger partial charge < -0.3 is 5.11 Å². The van der Waals surface area contributed by atoms with Crippen LogP contribution in [0.3, 0.4) is 0 Å². The van der Waals surface area contributed by atoms with Crippen LogP contribution in [0.5, 0.6) is 0 Å². The summed E-state index contributed by atoms with van der Waals surface area (Å²) in [7, 11) is 2.21. The Morgan fingerprint density at radius 1 is 0.793 bits per heavy atom. The summed E-state index contributed by atoms with van der Waals surface area (Å²) in [5.41, 5.74) is 5.12. The second-order valence-corrected chi connectivity index (χ2v) is 9.14. The molecular formula is C25H27BN2O. The second-order valence-electron chi connectivity index (χ2n) is 9.14. The van der Waals surface area contributed by atoms with E-state index in [0.29, 0.717) is 0 Å². The molecule has 0 aliphatic rings. The molecule has 0 radical (unpaired) electrons. The summed E-state index contributed by atoms with van der Waals surface area (Å²) < 4.78 is 2.22. The lowest BCUT2D eigenvalue weighted by Gasteiger charge is -2.30. The molecule has 0 aliphatic heterocycles. The first kappa shape index (κ1) is 19.5. The lowest BCUT2D eigenvalue weighted by atomic mass is 9.66. The number of rotatable bonds is 4. The lowest BCUT2D eigenvalue weighted by molar-refractivity contribution is 0.0785. The van der Waals surface area contributed by atoms with Crippen LogP contribution in [0, 0.1) is 0 Å². The van der Waals surface area contributed by atoms with E-state index in [1.165, 1.54) is 5.56 Å². The first-order valence-corrected chi connectivity index (χ1v) is 10.1. The number of aromatic nitrogens is 2. The van der Waals surface area contributed by atoms with Gasteiger partial charge in [-0.1, -0.05) is 74.5 Å². The summed E-state index contributed by atoms with van der Waals surface area (Å²) in [6.45, 7) is 8.11. The Bertz CT molecular complexity index is 1130. The van der Waals surface area contributed by atoms with E-state index in [-0.39, 0.29) is 5.31 Å². The fourth-order valence-electron chi connectivity index (χ4n) is 3.92. The molecule has 1 N–H and O–H groups in total. The molecule has 0 atom stereocenters. The van der Waals surface area contributed by atoms with E-state index in [2.05, 4.69) is 50.5 Å². The largest absolute Gasteiger partial charge is 0.386 e. The standard InChI is InChI=1S/C25H27BN2O/c1-24(2,26)18-13-10-14-19(25(3,4)29)22(18)28-21-16-9-8-15-20(21)27-23(28)17-11-6-5-7-12-17/h5-16,29H,26H2,1-4H3. The number of imidazole rings is 1. The molecule has 4 aromatic rings. The van der Waals surface area contributed by atoms with Crippen molar-refractivity contribution in [3.63, 3.8) is 0 Å². The summed E-state index contributed by atoms with van der Waals surface area (Å²) in [4.78, 5) is 4.99. The number of hydrogen-bond acceptors (Lipinski definition) is 2. The van der Waals surface area contributed by atoms with Crippen LogP contribution in [-0.4, -0.2) is 22.5 Å². The zero-order valence-electron chi connectivity index (χ0n) is 17.8. The predicted octanol–water partition coefficient (Wildman–Crippen LogP) is 4.79. The lowest BCUT2D eigenvalue weighted by Crippen LogP contribution is -2.25. The maximum Gasteiger partial charge on any atom is 0.145 e. The van der Waals surface area contributed by atoms with Crippen molar-refractivity contribution >= 4 is 18.9 Å². The zero-order valence-corrected chi connectivity index (χ0v) is 17.8. The number of fused-ring (bicyclic) bond motifs is 1. The smallest absolute Gasteiger partial charge is 0.145 e. The molecular weight excluding hydrogens is 355 g/mol. The molecule has 0 spiro atoms. The van der Waals surface area contributed by atoms with Gasteiger partial charge in [0.2, 0.25) is 0 Å². The van der Waals surface area contributed by atoms with Crippen LogP contribution in [0.1, 0.15) is 38.8 Å². The monoisotopic (exact) mass is 382 g/mol. The molecule has 146 valence electrons. The molecule has 4 heteroatoms. The molecule has 3 aromatic carbocycles. The molecule has 4 rings (SSSR count). The van der Waals surface area contributed by atoms with Crippen molar-refractivity contribution in [2.75, 3.05) is 0 Å². The minimum Gasteiger partial charge on any atom is -0.386 e. The molecule has 3 nitrogen and oxygen atoms in total. The third kappa shape index (κ3) is 3.49. The van der Waals surface area contributed by atoms with E-state index in [4.69, 9.17) is 4.98 Å². The zero-order chi connectivity index (χ0) is 20.8. The van der Waals surface area contributed by atoms with Gasteiger partial charge in [0.05, 0.1) is 22.3 Å². The van der Waals surface area contributed by atoms with E-state index in [9.17, 15) is 5.11 Å². The molecule has 0 unspecified atom stereocenters. The van der Waals surface area contributed by atoms with Gasteiger partial charge in [0.15, 0.2) is 0 Å². The van der Waals surface area contributed by atoms with Gasteiger partial charge >= 0.3 is 0 Å². The molecule has 29 heavy (non-hydrogen) atoms. The van der Waals surface area contributed by atoms with E-state index in [1.807, 2.05) is 62.4 Å².